The van der Waals surface area contributed by atoms with Gasteiger partial charge >= 0.3 is 0 Å². The maximum atomic E-state index is 14.4. The predicted octanol–water partition coefficient (Wildman–Crippen LogP) is 3.61. The molecule has 2 unspecified atom stereocenters. The molecule has 1 aliphatic carbocycles. The molecule has 1 saturated carbocycles. The second kappa shape index (κ2) is 6.36. The lowest BCUT2D eigenvalue weighted by atomic mass is 9.67. The zero-order chi connectivity index (χ0) is 19.5. The van der Waals surface area contributed by atoms with Crippen molar-refractivity contribution < 1.29 is 19.0 Å². The Balaban J connectivity index is 1.68. The highest BCUT2D eigenvalue weighted by molar-refractivity contribution is 6.30. The fourth-order valence-corrected chi connectivity index (χ4v) is 4.93. The minimum absolute atomic E-state index is 0.0655. The molecule has 0 saturated heterocycles. The van der Waals surface area contributed by atoms with Crippen molar-refractivity contribution in [1.29, 1.82) is 0 Å². The Bertz CT molecular complexity index is 982. The van der Waals surface area contributed by atoms with E-state index in [-0.39, 0.29) is 30.5 Å². The van der Waals surface area contributed by atoms with Crippen LogP contribution in [-0.4, -0.2) is 29.9 Å². The molecule has 2 aliphatic heterocycles. The quantitative estimate of drug-likeness (QED) is 0.764. The molecular formula is C21H20ClFN2O3. The average molecular weight is 403 g/mol. The number of nitrogens with zero attached hydrogens (tertiary/aromatic N) is 1. The third-order valence-electron chi connectivity index (χ3n) is 6.09. The normalized spacial score (nSPS) is 30.8. The summed E-state index contributed by atoms with van der Waals surface area (Å²) in [6, 6.07) is 10.2. The standard InChI is InChI=1S/C21H20ClFN2O3/c22-12-2-4-17(23)14(8-12)11-1-5-18-15(7-11)21(10-27-20(24)25-21)16-9-13(26)3-6-19(16)28-18/h1-2,4-5,7-8,13,16,19,26H,3,6,9-10H2,(H2,24,25)/t13-,16-,19?,21?/m0/s1. The number of aliphatic hydroxyl groups is 1. The molecule has 3 N–H and O–H groups in total. The first-order valence-corrected chi connectivity index (χ1v) is 9.77. The minimum Gasteiger partial charge on any atom is -0.490 e. The summed E-state index contributed by atoms with van der Waals surface area (Å²) in [5.74, 6) is 0.280. The van der Waals surface area contributed by atoms with E-state index >= 15 is 0 Å². The van der Waals surface area contributed by atoms with Crippen molar-refractivity contribution >= 4 is 17.6 Å². The van der Waals surface area contributed by atoms with Crippen LogP contribution in [0.15, 0.2) is 41.4 Å². The SMILES string of the molecule is NC1=NC2(CO1)c1cc(-c3cc(Cl)ccc3F)ccc1OC1CC[C@H](O)C[C@@H]12. The summed E-state index contributed by atoms with van der Waals surface area (Å²) in [5.41, 5.74) is 7.05. The summed E-state index contributed by atoms with van der Waals surface area (Å²) in [4.78, 5) is 4.68. The van der Waals surface area contributed by atoms with Crippen molar-refractivity contribution in [3.05, 3.63) is 52.8 Å². The lowest BCUT2D eigenvalue weighted by molar-refractivity contribution is -0.0359. The van der Waals surface area contributed by atoms with Crippen LogP contribution in [0.5, 0.6) is 5.75 Å². The van der Waals surface area contributed by atoms with Gasteiger partial charge in [-0.2, -0.15) is 0 Å². The molecule has 5 nitrogen and oxygen atoms in total. The number of rotatable bonds is 1. The van der Waals surface area contributed by atoms with Crippen molar-refractivity contribution in [2.24, 2.45) is 16.6 Å². The van der Waals surface area contributed by atoms with Gasteiger partial charge in [0.05, 0.1) is 6.10 Å². The summed E-state index contributed by atoms with van der Waals surface area (Å²) in [6.45, 7) is 0.282. The first-order valence-electron chi connectivity index (χ1n) is 9.39. The van der Waals surface area contributed by atoms with E-state index in [0.717, 1.165) is 12.0 Å². The maximum Gasteiger partial charge on any atom is 0.283 e. The number of nitrogens with two attached hydrogens (primary N) is 1. The van der Waals surface area contributed by atoms with Gasteiger partial charge < -0.3 is 20.3 Å². The van der Waals surface area contributed by atoms with Crippen LogP contribution in [0, 0.1) is 11.7 Å². The zero-order valence-electron chi connectivity index (χ0n) is 15.1. The van der Waals surface area contributed by atoms with Gasteiger partial charge in [0.25, 0.3) is 6.02 Å². The van der Waals surface area contributed by atoms with E-state index in [1.54, 1.807) is 6.07 Å². The molecule has 0 aromatic heterocycles. The zero-order valence-corrected chi connectivity index (χ0v) is 15.8. The average Bonchev–Trinajstić information content (AvgIpc) is 3.07. The number of hydrogen-bond donors (Lipinski definition) is 2. The molecule has 0 amide bonds. The second-order valence-electron chi connectivity index (χ2n) is 7.73. The number of fused-ring (bicyclic) bond motifs is 4. The van der Waals surface area contributed by atoms with Crippen LogP contribution < -0.4 is 10.5 Å². The Morgan fingerprint density at radius 1 is 1.21 bits per heavy atom. The number of aliphatic imine (C=N–C) groups is 1. The summed E-state index contributed by atoms with van der Waals surface area (Å²) in [5, 5.41) is 10.7. The van der Waals surface area contributed by atoms with Crippen molar-refractivity contribution in [1.82, 2.24) is 0 Å². The highest BCUT2D eigenvalue weighted by Crippen LogP contribution is 2.53. The van der Waals surface area contributed by atoms with Gasteiger partial charge in [0.15, 0.2) is 0 Å². The number of ether oxygens (including phenoxy) is 2. The van der Waals surface area contributed by atoms with Gasteiger partial charge in [-0.1, -0.05) is 17.7 Å². The molecule has 146 valence electrons. The summed E-state index contributed by atoms with van der Waals surface area (Å²) < 4.78 is 26.3. The molecular weight excluding hydrogens is 383 g/mol. The Morgan fingerprint density at radius 3 is 2.86 bits per heavy atom. The van der Waals surface area contributed by atoms with Gasteiger partial charge in [0, 0.05) is 22.1 Å². The largest absolute Gasteiger partial charge is 0.490 e. The van der Waals surface area contributed by atoms with Crippen LogP contribution in [0.4, 0.5) is 4.39 Å². The molecule has 1 spiro atoms. The number of halogens is 2. The lowest BCUT2D eigenvalue weighted by Gasteiger charge is -2.47. The Morgan fingerprint density at radius 2 is 2.07 bits per heavy atom. The topological polar surface area (TPSA) is 77.1 Å². The molecule has 0 radical (unpaired) electrons. The monoisotopic (exact) mass is 402 g/mol. The van der Waals surface area contributed by atoms with E-state index in [0.29, 0.717) is 34.7 Å². The maximum absolute atomic E-state index is 14.4. The fraction of sp³-hybridized carbons (Fsp3) is 0.381. The highest BCUT2D eigenvalue weighted by Gasteiger charge is 2.55. The molecule has 5 rings (SSSR count). The molecule has 0 bridgehead atoms. The van der Waals surface area contributed by atoms with E-state index in [2.05, 4.69) is 4.99 Å². The van der Waals surface area contributed by atoms with Gasteiger partial charge in [0.2, 0.25) is 0 Å². The lowest BCUT2D eigenvalue weighted by Crippen LogP contribution is -2.51. The molecule has 2 heterocycles. The highest BCUT2D eigenvalue weighted by atomic mass is 35.5. The van der Waals surface area contributed by atoms with Crippen LogP contribution in [0.3, 0.4) is 0 Å². The van der Waals surface area contributed by atoms with Gasteiger partial charge in [-0.15, -0.1) is 0 Å². The third kappa shape index (κ3) is 2.66. The van der Waals surface area contributed by atoms with Crippen LogP contribution in [0.25, 0.3) is 11.1 Å². The smallest absolute Gasteiger partial charge is 0.283 e. The van der Waals surface area contributed by atoms with Crippen LogP contribution >= 0.6 is 11.6 Å². The van der Waals surface area contributed by atoms with Crippen LogP contribution in [-0.2, 0) is 10.3 Å². The molecule has 1 fully saturated rings. The van der Waals surface area contributed by atoms with Gasteiger partial charge in [-0.05, 0) is 55.2 Å². The van der Waals surface area contributed by atoms with Crippen molar-refractivity contribution in [3.63, 3.8) is 0 Å². The van der Waals surface area contributed by atoms with Gasteiger partial charge in [-0.3, -0.25) is 0 Å². The third-order valence-corrected chi connectivity index (χ3v) is 6.32. The van der Waals surface area contributed by atoms with Gasteiger partial charge in [0.1, 0.15) is 29.8 Å². The second-order valence-corrected chi connectivity index (χ2v) is 8.16. The van der Waals surface area contributed by atoms with E-state index < -0.39 is 11.6 Å². The first-order chi connectivity index (χ1) is 13.5. The molecule has 7 heteroatoms. The summed E-state index contributed by atoms with van der Waals surface area (Å²) in [6.07, 6.45) is 1.52. The Hall–Kier alpha value is -2.31. The number of hydrogen-bond acceptors (Lipinski definition) is 5. The Labute approximate surface area is 166 Å². The predicted molar refractivity (Wildman–Crippen MR) is 104 cm³/mol. The van der Waals surface area contributed by atoms with Crippen molar-refractivity contribution in [2.75, 3.05) is 6.61 Å². The number of aliphatic hydroxyl groups excluding tert-OH is 1. The molecule has 4 atom stereocenters. The molecule has 3 aliphatic rings. The van der Waals surface area contributed by atoms with Crippen molar-refractivity contribution in [3.8, 4) is 16.9 Å². The van der Waals surface area contributed by atoms with Crippen LogP contribution in [0.1, 0.15) is 24.8 Å². The number of amidine groups is 1. The fourth-order valence-electron chi connectivity index (χ4n) is 4.76. The summed E-state index contributed by atoms with van der Waals surface area (Å²) in [7, 11) is 0. The van der Waals surface area contributed by atoms with E-state index in [1.165, 1.54) is 12.1 Å². The molecule has 2 aromatic rings. The number of benzene rings is 2. The first kappa shape index (κ1) is 17.8. The minimum atomic E-state index is -0.741. The van der Waals surface area contributed by atoms with E-state index in [4.69, 9.17) is 26.8 Å². The molecule has 2 aromatic carbocycles. The Kier molecular flexibility index (Phi) is 4.03. The van der Waals surface area contributed by atoms with Crippen molar-refractivity contribution in [2.45, 2.75) is 37.0 Å². The van der Waals surface area contributed by atoms with E-state index in [1.807, 2.05) is 18.2 Å². The van der Waals surface area contributed by atoms with E-state index in [9.17, 15) is 9.50 Å². The van der Waals surface area contributed by atoms with Gasteiger partial charge in [-0.25, -0.2) is 9.38 Å². The summed E-state index contributed by atoms with van der Waals surface area (Å²) >= 11 is 6.08. The van der Waals surface area contributed by atoms with Crippen LogP contribution in [0.2, 0.25) is 5.02 Å². The molecule has 28 heavy (non-hydrogen) atoms.